The number of nitrogens with zero attached hydrogens (tertiary/aromatic N) is 6. The van der Waals surface area contributed by atoms with E-state index in [-0.39, 0.29) is 23.2 Å². The molecule has 1 amide bonds. The van der Waals surface area contributed by atoms with E-state index in [9.17, 15) is 18.4 Å². The molecule has 0 aromatic carbocycles. The van der Waals surface area contributed by atoms with Gasteiger partial charge < -0.3 is 47.4 Å². The lowest BCUT2D eigenvalue weighted by molar-refractivity contribution is 0.0691. The number of aromatic amines is 2. The van der Waals surface area contributed by atoms with E-state index in [0.717, 1.165) is 109 Å². The average molecular weight is 796 g/mol. The smallest absolute Gasteiger partial charge is 0.338 e. The lowest BCUT2D eigenvalue weighted by Gasteiger charge is -2.34. The van der Waals surface area contributed by atoms with Crippen LogP contribution in [-0.4, -0.2) is 85.1 Å². The van der Waals surface area contributed by atoms with Crippen LogP contribution < -0.4 is 32.3 Å². The molecule has 0 spiro atoms. The topological polar surface area (TPSA) is 234 Å². The van der Waals surface area contributed by atoms with Crippen LogP contribution in [0.4, 0.5) is 31.8 Å². The van der Waals surface area contributed by atoms with Crippen molar-refractivity contribution < 1.29 is 23.5 Å². The molecule has 10 N–H and O–H groups in total. The average Bonchev–Trinajstić information content (AvgIpc) is 3.76. The van der Waals surface area contributed by atoms with Crippen molar-refractivity contribution in [1.29, 1.82) is 0 Å². The van der Waals surface area contributed by atoms with Crippen molar-refractivity contribution in [3.05, 3.63) is 94.3 Å². The van der Waals surface area contributed by atoms with Crippen molar-refractivity contribution in [1.82, 2.24) is 35.2 Å². The number of carboxylic acids is 1. The number of halogens is 4. The number of aromatic nitrogens is 6. The van der Waals surface area contributed by atoms with Crippen molar-refractivity contribution >= 4 is 80.2 Å². The highest BCUT2D eigenvalue weighted by atomic mass is 35.5. The van der Waals surface area contributed by atoms with E-state index < -0.39 is 29.1 Å². The van der Waals surface area contributed by atoms with Crippen molar-refractivity contribution in [2.45, 2.75) is 37.8 Å². The fraction of sp³-hybridized carbons (Fsp3) is 0.278. The molecule has 2 saturated heterocycles. The third kappa shape index (κ3) is 9.13. The minimum absolute atomic E-state index is 0.0104. The fourth-order valence-corrected chi connectivity index (χ4v) is 6.93. The Hall–Kier alpha value is -5.78. The van der Waals surface area contributed by atoms with Crippen LogP contribution in [0.1, 0.15) is 46.4 Å². The standard InChI is InChI=1S/C18H18ClFN6O.C12H15ClN4.C6H5FN2O2/c19-12-8-24-17-16(12)14(1-4-22-17)26-5-2-10(3-6-26)25-18(27)11-7-15(21)23-9-13(11)20;13-9-7-16-12-11(9)10(1-4-15-12)17-5-2-8(14)3-6-17;7-4-2-9-5(8)1-3(4)6(10)11/h1,4,7-10H,2-3,5-6H2,(H2,21,23)(H,22,24)(H,25,27);1,4,7-8H,2-3,5-6,14H2,(H,15,16);1-2H,(H2,8,9)(H,10,11). The Morgan fingerprint density at radius 1 is 0.764 bits per heavy atom. The van der Waals surface area contributed by atoms with Crippen LogP contribution in [0.25, 0.3) is 22.1 Å². The number of amides is 1. The molecule has 0 saturated carbocycles. The van der Waals surface area contributed by atoms with Crippen molar-refractivity contribution in [2.75, 3.05) is 47.4 Å². The van der Waals surface area contributed by atoms with E-state index in [1.54, 1.807) is 18.6 Å². The highest BCUT2D eigenvalue weighted by Gasteiger charge is 2.25. The number of hydrogen-bond donors (Lipinski definition) is 7. The zero-order valence-corrected chi connectivity index (χ0v) is 30.8. The van der Waals surface area contributed by atoms with E-state index >= 15 is 0 Å². The molecule has 55 heavy (non-hydrogen) atoms. The molecular weight excluding hydrogens is 757 g/mol. The van der Waals surface area contributed by atoms with Gasteiger partial charge in [0.25, 0.3) is 5.91 Å². The number of nitrogens with one attached hydrogen (secondary N) is 3. The molecular formula is C36H38Cl2F2N12O3. The van der Waals surface area contributed by atoms with Gasteiger partial charge >= 0.3 is 5.97 Å². The van der Waals surface area contributed by atoms with Gasteiger partial charge in [-0.3, -0.25) is 4.79 Å². The molecule has 2 fully saturated rings. The number of carbonyl (C=O) groups is 2. The number of nitrogens with two attached hydrogens (primary N) is 3. The number of pyridine rings is 4. The Morgan fingerprint density at radius 3 is 1.69 bits per heavy atom. The van der Waals surface area contributed by atoms with E-state index in [4.69, 9.17) is 45.5 Å². The van der Waals surface area contributed by atoms with Crippen LogP contribution in [0.5, 0.6) is 0 Å². The zero-order chi connectivity index (χ0) is 39.2. The highest BCUT2D eigenvalue weighted by Crippen LogP contribution is 2.34. The number of carboxylic acid groups (broad SMARTS) is 1. The van der Waals surface area contributed by atoms with Gasteiger partial charge in [0, 0.05) is 63.1 Å². The second-order valence-corrected chi connectivity index (χ2v) is 13.7. The lowest BCUT2D eigenvalue weighted by atomic mass is 10.0. The molecule has 0 bridgehead atoms. The number of carbonyl (C=O) groups excluding carboxylic acids is 1. The summed E-state index contributed by atoms with van der Waals surface area (Å²) in [6, 6.07) is 6.49. The summed E-state index contributed by atoms with van der Waals surface area (Å²) in [4.78, 5) is 48.9. The number of anilines is 4. The molecule has 0 unspecified atom stereocenters. The monoisotopic (exact) mass is 794 g/mol. The first-order valence-corrected chi connectivity index (χ1v) is 18.0. The summed E-state index contributed by atoms with van der Waals surface area (Å²) >= 11 is 12.5. The molecule has 0 radical (unpaired) electrons. The number of piperidine rings is 2. The molecule has 2 aliphatic heterocycles. The number of aromatic carboxylic acids is 1. The van der Waals surface area contributed by atoms with Crippen LogP contribution in [0.2, 0.25) is 10.0 Å². The number of rotatable bonds is 5. The van der Waals surface area contributed by atoms with Crippen LogP contribution in [0.3, 0.4) is 0 Å². The summed E-state index contributed by atoms with van der Waals surface area (Å²) in [6.07, 6.45) is 12.4. The van der Waals surface area contributed by atoms with Crippen LogP contribution in [0, 0.1) is 11.6 Å². The first-order chi connectivity index (χ1) is 26.4. The number of hydrogen-bond acceptors (Lipinski definition) is 11. The third-order valence-corrected chi connectivity index (χ3v) is 9.88. The van der Waals surface area contributed by atoms with E-state index in [1.807, 2.05) is 18.3 Å². The van der Waals surface area contributed by atoms with Crippen LogP contribution >= 0.6 is 23.2 Å². The van der Waals surface area contributed by atoms with Gasteiger partial charge in [-0.15, -0.1) is 0 Å². The number of H-pyrrole nitrogens is 2. The predicted octanol–water partition coefficient (Wildman–Crippen LogP) is 5.38. The summed E-state index contributed by atoms with van der Waals surface area (Å²) < 4.78 is 26.3. The minimum atomic E-state index is -1.35. The summed E-state index contributed by atoms with van der Waals surface area (Å²) in [6.45, 7) is 3.46. The van der Waals surface area contributed by atoms with Gasteiger partial charge in [-0.1, -0.05) is 23.2 Å². The molecule has 6 aromatic rings. The summed E-state index contributed by atoms with van der Waals surface area (Å²) in [7, 11) is 0. The van der Waals surface area contributed by atoms with E-state index in [2.05, 4.69) is 45.0 Å². The summed E-state index contributed by atoms with van der Waals surface area (Å²) in [5, 5.41) is 14.5. The normalized spacial score (nSPS) is 14.9. The van der Waals surface area contributed by atoms with Crippen LogP contribution in [-0.2, 0) is 0 Å². The van der Waals surface area contributed by atoms with E-state index in [0.29, 0.717) is 11.1 Å². The molecule has 19 heteroatoms. The van der Waals surface area contributed by atoms with Gasteiger partial charge in [0.1, 0.15) is 28.5 Å². The van der Waals surface area contributed by atoms with Gasteiger partial charge in [-0.2, -0.15) is 0 Å². The molecule has 8 heterocycles. The molecule has 15 nitrogen and oxygen atoms in total. The lowest BCUT2D eigenvalue weighted by Crippen LogP contribution is -2.45. The zero-order valence-electron chi connectivity index (χ0n) is 29.3. The fourth-order valence-electron chi connectivity index (χ4n) is 6.44. The summed E-state index contributed by atoms with van der Waals surface area (Å²) in [5.74, 6) is -3.28. The van der Waals surface area contributed by atoms with Gasteiger partial charge in [-0.05, 0) is 49.9 Å². The largest absolute Gasteiger partial charge is 0.478 e. The number of fused-ring (bicyclic) bond motifs is 2. The maximum Gasteiger partial charge on any atom is 0.338 e. The Labute approximate surface area is 323 Å². The maximum atomic E-state index is 13.8. The van der Waals surface area contributed by atoms with Gasteiger partial charge in [0.05, 0.1) is 50.1 Å². The van der Waals surface area contributed by atoms with Crippen molar-refractivity contribution in [3.63, 3.8) is 0 Å². The highest BCUT2D eigenvalue weighted by molar-refractivity contribution is 6.37. The molecule has 8 rings (SSSR count). The molecule has 0 atom stereocenters. The second kappa shape index (κ2) is 17.1. The third-order valence-electron chi connectivity index (χ3n) is 9.29. The minimum Gasteiger partial charge on any atom is -0.478 e. The van der Waals surface area contributed by atoms with Crippen molar-refractivity contribution in [2.24, 2.45) is 5.73 Å². The van der Waals surface area contributed by atoms with Gasteiger partial charge in [-0.25, -0.2) is 33.5 Å². The maximum absolute atomic E-state index is 13.8. The van der Waals surface area contributed by atoms with Gasteiger partial charge in [0.15, 0.2) is 11.6 Å². The Morgan fingerprint density at radius 2 is 1.22 bits per heavy atom. The van der Waals surface area contributed by atoms with Crippen molar-refractivity contribution in [3.8, 4) is 0 Å². The Bertz CT molecular complexity index is 2310. The second-order valence-electron chi connectivity index (χ2n) is 12.9. The predicted molar refractivity (Wildman–Crippen MR) is 209 cm³/mol. The summed E-state index contributed by atoms with van der Waals surface area (Å²) in [5.41, 5.74) is 19.8. The Balaban J connectivity index is 0.000000156. The number of nitrogen functional groups attached to an aromatic ring is 2. The Kier molecular flexibility index (Phi) is 12.1. The quantitative estimate of drug-likeness (QED) is 0.117. The van der Waals surface area contributed by atoms with E-state index in [1.165, 1.54) is 6.07 Å². The first kappa shape index (κ1) is 38.9. The molecule has 2 aliphatic rings. The van der Waals surface area contributed by atoms with Gasteiger partial charge in [0.2, 0.25) is 0 Å². The first-order valence-electron chi connectivity index (χ1n) is 17.2. The molecule has 288 valence electrons. The SMILES string of the molecule is NC1CCN(c2ccnc3[nH]cc(Cl)c23)CC1.Nc1cc(C(=O)NC2CCN(c3ccnc4[nH]cc(Cl)c34)CC2)c(F)cn1.Nc1cc(C(=O)O)c(F)cn1. The molecule has 0 aliphatic carbocycles. The van der Waals surface area contributed by atoms with Crippen LogP contribution in [0.15, 0.2) is 61.4 Å². The molecule has 6 aromatic heterocycles.